The molecule has 6 nitrogen and oxygen atoms in total. The molecule has 18 heavy (non-hydrogen) atoms. The smallest absolute Gasteiger partial charge is 0.273 e. The monoisotopic (exact) mass is 250 g/mol. The lowest BCUT2D eigenvalue weighted by Gasteiger charge is -2.32. The number of benzene rings is 1. The van der Waals surface area contributed by atoms with Crippen LogP contribution in [0.25, 0.3) is 0 Å². The average molecular weight is 250 g/mol. The number of para-hydroxylation sites is 1. The molecule has 0 bridgehead atoms. The van der Waals surface area contributed by atoms with Gasteiger partial charge in [-0.15, -0.1) is 0 Å². The molecule has 0 amide bonds. The highest BCUT2D eigenvalue weighted by Crippen LogP contribution is 2.17. The van der Waals surface area contributed by atoms with Crippen molar-refractivity contribution >= 4 is 5.69 Å². The van der Waals surface area contributed by atoms with Gasteiger partial charge in [-0.25, -0.2) is 5.01 Å². The lowest BCUT2D eigenvalue weighted by molar-refractivity contribution is -0.385. The van der Waals surface area contributed by atoms with Gasteiger partial charge in [0.15, 0.2) is 0 Å². The van der Waals surface area contributed by atoms with Gasteiger partial charge in [-0.2, -0.15) is 0 Å². The molecule has 1 aromatic carbocycles. The minimum absolute atomic E-state index is 0.180. The first-order chi connectivity index (χ1) is 8.66. The third-order valence-electron chi connectivity index (χ3n) is 3.18. The van der Waals surface area contributed by atoms with E-state index in [9.17, 15) is 10.1 Å². The third-order valence-corrected chi connectivity index (χ3v) is 3.18. The van der Waals surface area contributed by atoms with Crippen LogP contribution < -0.4 is 5.43 Å². The minimum atomic E-state index is -0.332. The third kappa shape index (κ3) is 3.25. The molecule has 0 atom stereocenters. The molecule has 0 spiro atoms. The molecule has 1 N–H and O–H groups in total. The zero-order valence-electron chi connectivity index (χ0n) is 10.5. The van der Waals surface area contributed by atoms with Crippen molar-refractivity contribution in [3.8, 4) is 0 Å². The summed E-state index contributed by atoms with van der Waals surface area (Å²) in [5.41, 5.74) is 4.16. The fraction of sp³-hybridized carbons (Fsp3) is 0.500. The van der Waals surface area contributed by atoms with Crippen LogP contribution in [-0.4, -0.2) is 48.1 Å². The molecule has 6 heteroatoms. The van der Waals surface area contributed by atoms with Gasteiger partial charge in [0.2, 0.25) is 0 Å². The Bertz CT molecular complexity index is 416. The number of hydrogen-bond acceptors (Lipinski definition) is 5. The van der Waals surface area contributed by atoms with E-state index in [0.29, 0.717) is 6.54 Å². The van der Waals surface area contributed by atoms with E-state index in [2.05, 4.69) is 22.4 Å². The quantitative estimate of drug-likeness (QED) is 0.634. The number of hydrogen-bond donors (Lipinski definition) is 1. The molecular weight excluding hydrogens is 232 g/mol. The van der Waals surface area contributed by atoms with Gasteiger partial charge in [0.05, 0.1) is 4.92 Å². The van der Waals surface area contributed by atoms with Gasteiger partial charge >= 0.3 is 0 Å². The summed E-state index contributed by atoms with van der Waals surface area (Å²) >= 11 is 0. The number of piperazine rings is 1. The molecule has 1 aliphatic heterocycles. The van der Waals surface area contributed by atoms with Crippen molar-refractivity contribution in [3.63, 3.8) is 0 Å². The molecule has 1 fully saturated rings. The van der Waals surface area contributed by atoms with Crippen LogP contribution >= 0.6 is 0 Å². The lowest BCUT2D eigenvalue weighted by Crippen LogP contribution is -2.50. The molecule has 0 aromatic heterocycles. The first kappa shape index (κ1) is 12.9. The van der Waals surface area contributed by atoms with Crippen LogP contribution in [0.15, 0.2) is 24.3 Å². The SMILES string of the molecule is CN1CCN(NCc2ccccc2[N+](=O)[O-])CC1. The summed E-state index contributed by atoms with van der Waals surface area (Å²) in [7, 11) is 2.10. The molecule has 98 valence electrons. The minimum Gasteiger partial charge on any atom is -0.304 e. The number of rotatable bonds is 4. The molecule has 0 radical (unpaired) electrons. The van der Waals surface area contributed by atoms with E-state index < -0.39 is 0 Å². The Morgan fingerprint density at radius 2 is 1.94 bits per heavy atom. The number of nitro benzene ring substituents is 1. The Labute approximate surface area is 106 Å². The summed E-state index contributed by atoms with van der Waals surface area (Å²) in [6.45, 7) is 4.42. The van der Waals surface area contributed by atoms with Crippen LogP contribution in [0.2, 0.25) is 0 Å². The van der Waals surface area contributed by atoms with Crippen molar-refractivity contribution < 1.29 is 4.92 Å². The maximum atomic E-state index is 10.9. The van der Waals surface area contributed by atoms with Crippen LogP contribution in [-0.2, 0) is 6.54 Å². The standard InChI is InChI=1S/C12H18N4O2/c1-14-6-8-15(9-7-14)13-10-11-4-2-3-5-12(11)16(17)18/h2-5,13H,6-10H2,1H3. The van der Waals surface area contributed by atoms with Gasteiger partial charge < -0.3 is 4.90 Å². The molecule has 0 aliphatic carbocycles. The van der Waals surface area contributed by atoms with Crippen molar-refractivity contribution in [1.82, 2.24) is 15.3 Å². The van der Waals surface area contributed by atoms with E-state index in [-0.39, 0.29) is 10.6 Å². The molecule has 1 aromatic rings. The topological polar surface area (TPSA) is 61.6 Å². The second-order valence-corrected chi connectivity index (χ2v) is 4.51. The summed E-state index contributed by atoms with van der Waals surface area (Å²) in [6.07, 6.45) is 0. The van der Waals surface area contributed by atoms with Crippen LogP contribution in [0.5, 0.6) is 0 Å². The first-order valence-electron chi connectivity index (χ1n) is 6.06. The molecule has 2 rings (SSSR count). The molecule has 1 aliphatic rings. The van der Waals surface area contributed by atoms with E-state index in [0.717, 1.165) is 31.7 Å². The van der Waals surface area contributed by atoms with Gasteiger partial charge in [0, 0.05) is 44.4 Å². The summed E-state index contributed by atoms with van der Waals surface area (Å²) in [4.78, 5) is 12.8. The molecule has 1 saturated heterocycles. The van der Waals surface area contributed by atoms with E-state index in [1.54, 1.807) is 18.2 Å². The molecule has 1 heterocycles. The summed E-state index contributed by atoms with van der Waals surface area (Å²) in [6, 6.07) is 6.85. The van der Waals surface area contributed by atoms with Crippen molar-refractivity contribution in [3.05, 3.63) is 39.9 Å². The Balaban J connectivity index is 1.92. The van der Waals surface area contributed by atoms with Crippen LogP contribution in [0.3, 0.4) is 0 Å². The largest absolute Gasteiger partial charge is 0.304 e. The van der Waals surface area contributed by atoms with Gasteiger partial charge in [-0.05, 0) is 7.05 Å². The Kier molecular flexibility index (Phi) is 4.24. The second kappa shape index (κ2) is 5.90. The van der Waals surface area contributed by atoms with E-state index in [1.807, 2.05) is 6.07 Å². The zero-order valence-corrected chi connectivity index (χ0v) is 10.5. The number of nitrogens with one attached hydrogen (secondary N) is 1. The molecule has 0 unspecified atom stereocenters. The highest BCUT2D eigenvalue weighted by atomic mass is 16.6. The van der Waals surface area contributed by atoms with E-state index >= 15 is 0 Å². The first-order valence-corrected chi connectivity index (χ1v) is 6.06. The van der Waals surface area contributed by atoms with E-state index in [4.69, 9.17) is 0 Å². The highest BCUT2D eigenvalue weighted by molar-refractivity contribution is 5.39. The number of nitrogens with zero attached hydrogens (tertiary/aromatic N) is 3. The summed E-state index contributed by atoms with van der Waals surface area (Å²) in [5, 5.41) is 13.0. The van der Waals surface area contributed by atoms with Crippen LogP contribution in [0.4, 0.5) is 5.69 Å². The maximum Gasteiger partial charge on any atom is 0.273 e. The lowest BCUT2D eigenvalue weighted by atomic mass is 10.2. The zero-order chi connectivity index (χ0) is 13.0. The fourth-order valence-electron chi connectivity index (χ4n) is 2.00. The summed E-state index contributed by atoms with van der Waals surface area (Å²) in [5.74, 6) is 0. The van der Waals surface area contributed by atoms with Crippen molar-refractivity contribution in [1.29, 1.82) is 0 Å². The van der Waals surface area contributed by atoms with Gasteiger partial charge in [0.1, 0.15) is 0 Å². The number of nitro groups is 1. The average Bonchev–Trinajstić information content (AvgIpc) is 2.38. The molecule has 0 saturated carbocycles. The fourth-order valence-corrected chi connectivity index (χ4v) is 2.00. The van der Waals surface area contributed by atoms with Crippen molar-refractivity contribution in [2.24, 2.45) is 0 Å². The van der Waals surface area contributed by atoms with E-state index in [1.165, 1.54) is 0 Å². The Morgan fingerprint density at radius 3 is 2.61 bits per heavy atom. The Morgan fingerprint density at radius 1 is 1.28 bits per heavy atom. The predicted octanol–water partition coefficient (Wildman–Crippen LogP) is 0.847. The maximum absolute atomic E-state index is 10.9. The summed E-state index contributed by atoms with van der Waals surface area (Å²) < 4.78 is 0. The van der Waals surface area contributed by atoms with Crippen molar-refractivity contribution in [2.75, 3.05) is 33.2 Å². The highest BCUT2D eigenvalue weighted by Gasteiger charge is 2.16. The van der Waals surface area contributed by atoms with Crippen LogP contribution in [0.1, 0.15) is 5.56 Å². The van der Waals surface area contributed by atoms with Crippen molar-refractivity contribution in [2.45, 2.75) is 6.54 Å². The number of hydrazine groups is 1. The second-order valence-electron chi connectivity index (χ2n) is 4.51. The van der Waals surface area contributed by atoms with Gasteiger partial charge in [-0.3, -0.25) is 15.5 Å². The molecular formula is C12H18N4O2. The van der Waals surface area contributed by atoms with Gasteiger partial charge in [0.25, 0.3) is 5.69 Å². The normalized spacial score (nSPS) is 17.8. The predicted molar refractivity (Wildman–Crippen MR) is 69.0 cm³/mol. The van der Waals surface area contributed by atoms with Gasteiger partial charge in [-0.1, -0.05) is 18.2 Å². The van der Waals surface area contributed by atoms with Crippen LogP contribution in [0, 0.1) is 10.1 Å². The number of likely N-dealkylation sites (N-methyl/N-ethyl adjacent to an activating group) is 1. The Hall–Kier alpha value is -1.50.